The number of rotatable bonds is 4. The van der Waals surface area contributed by atoms with Gasteiger partial charge in [0, 0.05) is 23.0 Å². The Morgan fingerprint density at radius 3 is 2.76 bits per heavy atom. The molecule has 0 fully saturated rings. The van der Waals surface area contributed by atoms with Crippen LogP contribution in [0.5, 0.6) is 0 Å². The van der Waals surface area contributed by atoms with Crippen LogP contribution in [0.3, 0.4) is 0 Å². The van der Waals surface area contributed by atoms with E-state index in [0.717, 1.165) is 22.3 Å². The highest BCUT2D eigenvalue weighted by Gasteiger charge is 2.07. The number of hydrogen-bond acceptors (Lipinski definition) is 4. The van der Waals surface area contributed by atoms with E-state index in [4.69, 9.17) is 5.26 Å². The van der Waals surface area contributed by atoms with E-state index in [9.17, 15) is 0 Å². The van der Waals surface area contributed by atoms with Crippen molar-refractivity contribution in [3.63, 3.8) is 0 Å². The second-order valence-corrected chi connectivity index (χ2v) is 4.41. The monoisotopic (exact) mass is 291 g/mol. The van der Waals surface area contributed by atoms with Gasteiger partial charge in [0.25, 0.3) is 0 Å². The molecule has 17 heavy (non-hydrogen) atoms. The molecule has 2 rings (SSSR count). The Morgan fingerprint density at radius 1 is 1.29 bits per heavy atom. The first-order valence-electron chi connectivity index (χ1n) is 5.20. The number of unbranched alkanes of at least 4 members (excludes halogenated alkanes) is 1. The zero-order valence-corrected chi connectivity index (χ0v) is 10.6. The average Bonchev–Trinajstić information content (AvgIpc) is 2.79. The van der Waals surface area contributed by atoms with Crippen LogP contribution in [0.4, 0.5) is 0 Å². The first-order chi connectivity index (χ1) is 8.31. The topological polar surface area (TPSA) is 67.4 Å². The third-order valence-corrected chi connectivity index (χ3v) is 2.82. The molecular formula is C11H10BrN5. The Morgan fingerprint density at radius 2 is 2.06 bits per heavy atom. The van der Waals surface area contributed by atoms with E-state index in [0.29, 0.717) is 13.0 Å². The Labute approximate surface area is 107 Å². The third-order valence-electron chi connectivity index (χ3n) is 2.29. The van der Waals surface area contributed by atoms with Gasteiger partial charge in [-0.25, -0.2) is 4.68 Å². The van der Waals surface area contributed by atoms with E-state index in [1.54, 1.807) is 4.68 Å². The zero-order chi connectivity index (χ0) is 12.1. The van der Waals surface area contributed by atoms with Gasteiger partial charge in [-0.2, -0.15) is 5.26 Å². The number of benzene rings is 1. The summed E-state index contributed by atoms with van der Waals surface area (Å²) in [4.78, 5) is 0. The van der Waals surface area contributed by atoms with Gasteiger partial charge in [-0.3, -0.25) is 0 Å². The van der Waals surface area contributed by atoms with E-state index in [1.165, 1.54) is 0 Å². The molecule has 0 amide bonds. The van der Waals surface area contributed by atoms with Crippen LogP contribution < -0.4 is 0 Å². The summed E-state index contributed by atoms with van der Waals surface area (Å²) in [5.41, 5.74) is 0.968. The predicted molar refractivity (Wildman–Crippen MR) is 65.8 cm³/mol. The molecule has 0 N–H and O–H groups in total. The lowest BCUT2D eigenvalue weighted by molar-refractivity contribution is 0.569. The van der Waals surface area contributed by atoms with E-state index in [-0.39, 0.29) is 0 Å². The summed E-state index contributed by atoms with van der Waals surface area (Å²) in [7, 11) is 0. The number of nitrogens with zero attached hydrogens (tertiary/aromatic N) is 5. The zero-order valence-electron chi connectivity index (χ0n) is 9.04. The van der Waals surface area contributed by atoms with Crippen molar-refractivity contribution in [1.29, 1.82) is 5.26 Å². The minimum absolute atomic E-state index is 0.514. The Hall–Kier alpha value is -1.74. The molecule has 1 aromatic heterocycles. The maximum Gasteiger partial charge on any atom is 0.182 e. The molecule has 0 unspecified atom stereocenters. The minimum Gasteiger partial charge on any atom is -0.225 e. The molecule has 0 aliphatic rings. The van der Waals surface area contributed by atoms with Crippen molar-refractivity contribution in [2.45, 2.75) is 19.4 Å². The normalized spacial score (nSPS) is 10.1. The van der Waals surface area contributed by atoms with Crippen LogP contribution >= 0.6 is 15.9 Å². The number of tetrazole rings is 1. The lowest BCUT2D eigenvalue weighted by Gasteiger charge is -2.03. The fourth-order valence-corrected chi connectivity index (χ4v) is 1.73. The highest BCUT2D eigenvalue weighted by atomic mass is 79.9. The molecule has 0 saturated heterocycles. The Bertz CT molecular complexity index is 526. The molecule has 5 nitrogen and oxygen atoms in total. The Kier molecular flexibility index (Phi) is 3.83. The highest BCUT2D eigenvalue weighted by Crippen LogP contribution is 2.19. The molecular weight excluding hydrogens is 282 g/mol. The first-order valence-corrected chi connectivity index (χ1v) is 5.99. The molecule has 1 aromatic carbocycles. The quantitative estimate of drug-likeness (QED) is 0.811. The van der Waals surface area contributed by atoms with Crippen molar-refractivity contribution >= 4 is 15.9 Å². The number of aryl methyl sites for hydroxylation is 1. The molecule has 2 aromatic rings. The van der Waals surface area contributed by atoms with Gasteiger partial charge in [0.2, 0.25) is 0 Å². The van der Waals surface area contributed by atoms with Crippen LogP contribution in [-0.4, -0.2) is 20.2 Å². The van der Waals surface area contributed by atoms with Crippen LogP contribution in [-0.2, 0) is 6.54 Å². The Balaban J connectivity index is 2.19. The molecule has 1 heterocycles. The van der Waals surface area contributed by atoms with Crippen LogP contribution in [0, 0.1) is 11.3 Å². The maximum absolute atomic E-state index is 8.50. The molecule has 0 saturated carbocycles. The van der Waals surface area contributed by atoms with Crippen LogP contribution in [0.2, 0.25) is 0 Å². The van der Waals surface area contributed by atoms with Gasteiger partial charge in [-0.1, -0.05) is 28.1 Å². The van der Waals surface area contributed by atoms with Crippen LogP contribution in [0.1, 0.15) is 12.8 Å². The van der Waals surface area contributed by atoms with Gasteiger partial charge in [-0.15, -0.1) is 5.10 Å². The van der Waals surface area contributed by atoms with Crippen molar-refractivity contribution in [3.05, 3.63) is 28.7 Å². The van der Waals surface area contributed by atoms with E-state index in [1.807, 2.05) is 24.3 Å². The lowest BCUT2D eigenvalue weighted by atomic mass is 10.2. The molecule has 0 spiro atoms. The fourth-order valence-electron chi connectivity index (χ4n) is 1.47. The van der Waals surface area contributed by atoms with Gasteiger partial charge in [-0.05, 0) is 29.0 Å². The molecule has 6 heteroatoms. The summed E-state index contributed by atoms with van der Waals surface area (Å²) >= 11 is 3.38. The molecule has 0 radical (unpaired) electrons. The van der Waals surface area contributed by atoms with Gasteiger partial charge in [0.15, 0.2) is 5.82 Å². The van der Waals surface area contributed by atoms with Crippen molar-refractivity contribution in [3.8, 4) is 17.5 Å². The summed E-state index contributed by atoms with van der Waals surface area (Å²) in [5.74, 6) is 0.732. The SMILES string of the molecule is N#CCCCn1nnnc1-c1ccc(Br)cc1. The first kappa shape index (κ1) is 11.7. The second kappa shape index (κ2) is 5.55. The summed E-state index contributed by atoms with van der Waals surface area (Å²) in [5, 5.41) is 20.1. The van der Waals surface area contributed by atoms with Crippen molar-refractivity contribution in [2.75, 3.05) is 0 Å². The third kappa shape index (κ3) is 2.88. The smallest absolute Gasteiger partial charge is 0.182 e. The molecule has 0 atom stereocenters. The molecule has 0 bridgehead atoms. The fraction of sp³-hybridized carbons (Fsp3) is 0.273. The van der Waals surface area contributed by atoms with Gasteiger partial charge < -0.3 is 0 Å². The van der Waals surface area contributed by atoms with Gasteiger partial charge in [0.05, 0.1) is 6.07 Å². The number of halogens is 1. The second-order valence-electron chi connectivity index (χ2n) is 3.49. The average molecular weight is 292 g/mol. The molecule has 0 aliphatic heterocycles. The van der Waals surface area contributed by atoms with Gasteiger partial charge in [0.1, 0.15) is 0 Å². The van der Waals surface area contributed by atoms with Gasteiger partial charge >= 0.3 is 0 Å². The van der Waals surface area contributed by atoms with Crippen LogP contribution in [0.15, 0.2) is 28.7 Å². The van der Waals surface area contributed by atoms with Crippen molar-refractivity contribution in [2.24, 2.45) is 0 Å². The molecule has 86 valence electrons. The van der Waals surface area contributed by atoms with E-state index in [2.05, 4.69) is 37.5 Å². The largest absolute Gasteiger partial charge is 0.225 e. The summed E-state index contributed by atoms with van der Waals surface area (Å²) in [6.07, 6.45) is 1.27. The van der Waals surface area contributed by atoms with Crippen LogP contribution in [0.25, 0.3) is 11.4 Å². The summed E-state index contributed by atoms with van der Waals surface area (Å²) in [6, 6.07) is 9.91. The standard InChI is InChI=1S/C11H10BrN5/c12-10-5-3-9(4-6-10)11-14-15-16-17(11)8-2-1-7-13/h3-6H,1-2,8H2. The van der Waals surface area contributed by atoms with E-state index >= 15 is 0 Å². The van der Waals surface area contributed by atoms with E-state index < -0.39 is 0 Å². The highest BCUT2D eigenvalue weighted by molar-refractivity contribution is 9.10. The number of nitriles is 1. The summed E-state index contributed by atoms with van der Waals surface area (Å²) in [6.45, 7) is 0.659. The predicted octanol–water partition coefficient (Wildman–Crippen LogP) is 2.41. The number of aromatic nitrogens is 4. The maximum atomic E-state index is 8.50. The number of hydrogen-bond donors (Lipinski definition) is 0. The molecule has 0 aliphatic carbocycles. The van der Waals surface area contributed by atoms with Crippen molar-refractivity contribution in [1.82, 2.24) is 20.2 Å². The minimum atomic E-state index is 0.514. The lowest BCUT2D eigenvalue weighted by Crippen LogP contribution is -2.02. The van der Waals surface area contributed by atoms with Crippen molar-refractivity contribution < 1.29 is 0 Å². The summed E-state index contributed by atoms with van der Waals surface area (Å²) < 4.78 is 2.74.